The number of piperidine rings is 2. The maximum Gasteiger partial charge on any atom is 0.234 e. The minimum atomic E-state index is -3.28. The summed E-state index contributed by atoms with van der Waals surface area (Å²) in [4.78, 5) is 6.80. The van der Waals surface area contributed by atoms with E-state index < -0.39 is 10.0 Å². The standard InChI is InChI=1S/C20H29N5O3S/c1-2-29(26,27)25-12-6-4-8-18(25)20-23-22-19(28-20)16-9-13-24(14-10-16)15-17-7-3-5-11-21-17/h3,5,7,11,16,18H,2,4,6,8-10,12-15H2,1H3/t18-/m0/s1. The Hall–Kier alpha value is -1.84. The van der Waals surface area contributed by atoms with E-state index in [1.165, 1.54) is 0 Å². The summed E-state index contributed by atoms with van der Waals surface area (Å²) in [6.45, 7) is 4.98. The van der Waals surface area contributed by atoms with Crippen LogP contribution in [0.25, 0.3) is 0 Å². The molecule has 0 aliphatic carbocycles. The van der Waals surface area contributed by atoms with Crippen LogP contribution in [0.5, 0.6) is 0 Å². The zero-order valence-corrected chi connectivity index (χ0v) is 17.7. The molecule has 4 rings (SSSR count). The van der Waals surface area contributed by atoms with E-state index in [4.69, 9.17) is 4.42 Å². The maximum absolute atomic E-state index is 12.5. The van der Waals surface area contributed by atoms with Crippen LogP contribution in [0, 0.1) is 0 Å². The lowest BCUT2D eigenvalue weighted by Crippen LogP contribution is -2.39. The van der Waals surface area contributed by atoms with Gasteiger partial charge < -0.3 is 4.42 Å². The van der Waals surface area contributed by atoms with Crippen LogP contribution in [-0.4, -0.2) is 58.2 Å². The monoisotopic (exact) mass is 419 g/mol. The fourth-order valence-corrected chi connectivity index (χ4v) is 5.58. The number of pyridine rings is 1. The average Bonchev–Trinajstić information content (AvgIpc) is 3.25. The molecule has 0 aromatic carbocycles. The predicted octanol–water partition coefficient (Wildman–Crippen LogP) is 2.72. The van der Waals surface area contributed by atoms with E-state index >= 15 is 0 Å². The Bertz CT molecular complexity index is 894. The summed E-state index contributed by atoms with van der Waals surface area (Å²) in [6.07, 6.45) is 6.33. The highest BCUT2D eigenvalue weighted by Gasteiger charge is 2.36. The number of rotatable bonds is 6. The smallest absolute Gasteiger partial charge is 0.234 e. The molecule has 0 bridgehead atoms. The van der Waals surface area contributed by atoms with Crippen molar-refractivity contribution in [2.45, 2.75) is 57.5 Å². The van der Waals surface area contributed by atoms with Gasteiger partial charge in [0, 0.05) is 25.2 Å². The van der Waals surface area contributed by atoms with Crippen molar-refractivity contribution < 1.29 is 12.8 Å². The van der Waals surface area contributed by atoms with Gasteiger partial charge in [-0.1, -0.05) is 12.5 Å². The van der Waals surface area contributed by atoms with Crippen molar-refractivity contribution in [1.29, 1.82) is 0 Å². The van der Waals surface area contributed by atoms with Crippen LogP contribution in [-0.2, 0) is 16.6 Å². The van der Waals surface area contributed by atoms with Gasteiger partial charge in [-0.15, -0.1) is 10.2 Å². The van der Waals surface area contributed by atoms with Gasteiger partial charge in [-0.3, -0.25) is 9.88 Å². The summed E-state index contributed by atoms with van der Waals surface area (Å²) in [5.41, 5.74) is 1.08. The summed E-state index contributed by atoms with van der Waals surface area (Å²) >= 11 is 0. The van der Waals surface area contributed by atoms with E-state index in [1.54, 1.807) is 11.2 Å². The maximum atomic E-state index is 12.5. The minimum Gasteiger partial charge on any atom is -0.423 e. The normalized spacial score (nSPS) is 22.7. The van der Waals surface area contributed by atoms with E-state index in [0.717, 1.165) is 57.4 Å². The highest BCUT2D eigenvalue weighted by atomic mass is 32.2. The Kier molecular flexibility index (Phi) is 6.26. The van der Waals surface area contributed by atoms with Crippen LogP contribution < -0.4 is 0 Å². The first-order chi connectivity index (χ1) is 14.1. The van der Waals surface area contributed by atoms with E-state index in [2.05, 4.69) is 26.1 Å². The molecule has 29 heavy (non-hydrogen) atoms. The van der Waals surface area contributed by atoms with Crippen LogP contribution in [0.3, 0.4) is 0 Å². The van der Waals surface area contributed by atoms with Crippen molar-refractivity contribution in [1.82, 2.24) is 24.4 Å². The van der Waals surface area contributed by atoms with Crippen molar-refractivity contribution in [2.24, 2.45) is 0 Å². The Balaban J connectivity index is 1.39. The van der Waals surface area contributed by atoms with Gasteiger partial charge in [-0.25, -0.2) is 8.42 Å². The Morgan fingerprint density at radius 1 is 1.07 bits per heavy atom. The molecule has 0 N–H and O–H groups in total. The summed E-state index contributed by atoms with van der Waals surface area (Å²) in [5, 5.41) is 8.55. The highest BCUT2D eigenvalue weighted by molar-refractivity contribution is 7.89. The third kappa shape index (κ3) is 4.67. The first-order valence-electron chi connectivity index (χ1n) is 10.5. The summed E-state index contributed by atoms with van der Waals surface area (Å²) in [6, 6.07) is 5.68. The van der Waals surface area contributed by atoms with Gasteiger partial charge in [0.1, 0.15) is 6.04 Å². The average molecular weight is 420 g/mol. The molecule has 2 aliphatic heterocycles. The number of hydrogen-bond acceptors (Lipinski definition) is 7. The number of aromatic nitrogens is 3. The fraction of sp³-hybridized carbons (Fsp3) is 0.650. The molecule has 0 unspecified atom stereocenters. The van der Waals surface area contributed by atoms with Crippen molar-refractivity contribution in [3.05, 3.63) is 41.9 Å². The second-order valence-electron chi connectivity index (χ2n) is 7.87. The zero-order valence-electron chi connectivity index (χ0n) is 16.9. The number of likely N-dealkylation sites (tertiary alicyclic amines) is 1. The molecular formula is C20H29N5O3S. The highest BCUT2D eigenvalue weighted by Crippen LogP contribution is 2.35. The molecule has 0 saturated carbocycles. The number of hydrogen-bond donors (Lipinski definition) is 0. The zero-order chi connectivity index (χ0) is 20.3. The SMILES string of the molecule is CCS(=O)(=O)N1CCCC[C@H]1c1nnc(C2CCN(Cc3ccccn3)CC2)o1. The van der Waals surface area contributed by atoms with Crippen LogP contribution in [0.4, 0.5) is 0 Å². The number of nitrogens with zero attached hydrogens (tertiary/aromatic N) is 5. The summed E-state index contributed by atoms with van der Waals surface area (Å²) in [7, 11) is -3.28. The van der Waals surface area contributed by atoms with Gasteiger partial charge in [0.25, 0.3) is 0 Å². The number of sulfonamides is 1. The molecule has 2 aromatic rings. The minimum absolute atomic E-state index is 0.0965. The summed E-state index contributed by atoms with van der Waals surface area (Å²) < 4.78 is 32.5. The van der Waals surface area contributed by atoms with Gasteiger partial charge in [-0.05, 0) is 57.8 Å². The molecule has 8 nitrogen and oxygen atoms in total. The van der Waals surface area contributed by atoms with Crippen molar-refractivity contribution >= 4 is 10.0 Å². The fourth-order valence-electron chi connectivity index (χ4n) is 4.26. The van der Waals surface area contributed by atoms with Crippen molar-refractivity contribution in [3.8, 4) is 0 Å². The van der Waals surface area contributed by atoms with E-state index in [-0.39, 0.29) is 17.7 Å². The summed E-state index contributed by atoms with van der Waals surface area (Å²) in [5.74, 6) is 1.43. The molecule has 0 radical (unpaired) electrons. The van der Waals surface area contributed by atoms with Crippen LogP contribution in [0.15, 0.2) is 28.8 Å². The van der Waals surface area contributed by atoms with Gasteiger partial charge in [-0.2, -0.15) is 4.31 Å². The molecular weight excluding hydrogens is 390 g/mol. The molecule has 0 amide bonds. The first-order valence-corrected chi connectivity index (χ1v) is 12.1. The second-order valence-corrected chi connectivity index (χ2v) is 10.1. The quantitative estimate of drug-likeness (QED) is 0.711. The largest absolute Gasteiger partial charge is 0.423 e. The van der Waals surface area contributed by atoms with E-state index in [9.17, 15) is 8.42 Å². The lowest BCUT2D eigenvalue weighted by atomic mass is 9.97. The molecule has 4 heterocycles. The lowest BCUT2D eigenvalue weighted by molar-refractivity contribution is 0.182. The first kappa shape index (κ1) is 20.4. The molecule has 9 heteroatoms. The van der Waals surface area contributed by atoms with E-state index in [1.807, 2.05) is 18.3 Å². The van der Waals surface area contributed by atoms with Crippen LogP contribution >= 0.6 is 0 Å². The Morgan fingerprint density at radius 3 is 2.59 bits per heavy atom. The van der Waals surface area contributed by atoms with Gasteiger partial charge in [0.2, 0.25) is 21.8 Å². The Labute approximate surface area is 172 Å². The third-order valence-electron chi connectivity index (χ3n) is 5.97. The second kappa shape index (κ2) is 8.89. The molecule has 2 saturated heterocycles. The topological polar surface area (TPSA) is 92.4 Å². The molecule has 2 aliphatic rings. The van der Waals surface area contributed by atoms with Crippen LogP contribution in [0.2, 0.25) is 0 Å². The predicted molar refractivity (Wildman–Crippen MR) is 109 cm³/mol. The van der Waals surface area contributed by atoms with Crippen LogP contribution in [0.1, 0.15) is 68.5 Å². The molecule has 0 spiro atoms. The molecule has 2 fully saturated rings. The van der Waals surface area contributed by atoms with Crippen molar-refractivity contribution in [3.63, 3.8) is 0 Å². The molecule has 1 atom stereocenters. The molecule has 2 aromatic heterocycles. The third-order valence-corrected chi connectivity index (χ3v) is 7.85. The van der Waals surface area contributed by atoms with E-state index in [0.29, 0.717) is 18.3 Å². The van der Waals surface area contributed by atoms with Gasteiger partial charge in [0.05, 0.1) is 11.4 Å². The van der Waals surface area contributed by atoms with Gasteiger partial charge in [0.15, 0.2) is 0 Å². The Morgan fingerprint density at radius 2 is 1.86 bits per heavy atom. The lowest BCUT2D eigenvalue weighted by Gasteiger charge is -2.32. The molecule has 158 valence electrons. The van der Waals surface area contributed by atoms with Gasteiger partial charge >= 0.3 is 0 Å². The van der Waals surface area contributed by atoms with Crippen molar-refractivity contribution in [2.75, 3.05) is 25.4 Å².